The Morgan fingerprint density at radius 3 is 2.35 bits per heavy atom. The smallest absolute Gasteiger partial charge is 0.225 e. The van der Waals surface area contributed by atoms with Crippen LogP contribution >= 0.6 is 0 Å². The van der Waals surface area contributed by atoms with E-state index in [-0.39, 0.29) is 0 Å². The largest absolute Gasteiger partial charge is 0.295 e. The van der Waals surface area contributed by atoms with Crippen LogP contribution in [0.5, 0.6) is 0 Å². The zero-order valence-electron chi connectivity index (χ0n) is 21.5. The van der Waals surface area contributed by atoms with E-state index in [9.17, 15) is 0 Å². The van der Waals surface area contributed by atoms with Crippen molar-refractivity contribution in [3.63, 3.8) is 0 Å². The van der Waals surface area contributed by atoms with Crippen LogP contribution < -0.4 is 4.57 Å². The highest BCUT2D eigenvalue weighted by Crippen LogP contribution is 2.41. The van der Waals surface area contributed by atoms with E-state index in [1.807, 2.05) is 12.1 Å². The molecule has 3 aromatic carbocycles. The molecule has 0 amide bonds. The Kier molecular flexibility index (Phi) is 3.25. The fraction of sp³-hybridized carbons (Fsp3) is 0.276. The minimum Gasteiger partial charge on any atom is -0.225 e. The summed E-state index contributed by atoms with van der Waals surface area (Å²) in [7, 11) is 0. The number of imidazole rings is 1. The van der Waals surface area contributed by atoms with E-state index in [2.05, 4.69) is 79.3 Å². The van der Waals surface area contributed by atoms with Crippen molar-refractivity contribution < 1.29 is 8.68 Å². The van der Waals surface area contributed by atoms with Gasteiger partial charge in [-0.3, -0.25) is 0 Å². The highest BCUT2D eigenvalue weighted by molar-refractivity contribution is 6.13. The number of hydrogen-bond acceptors (Lipinski definition) is 0. The van der Waals surface area contributed by atoms with E-state index >= 15 is 0 Å². The SMILES string of the molecule is [2H]C([2H])([2H])c1ccc2c(c1)c1cccc3c1c1n2c(-c2c(C(C)C)cccc2C(C)C)c[n+]1C3. The Morgan fingerprint density at radius 2 is 1.65 bits per heavy atom. The van der Waals surface area contributed by atoms with Crippen molar-refractivity contribution in [2.45, 2.75) is 52.9 Å². The topological polar surface area (TPSA) is 8.29 Å². The molecule has 3 heterocycles. The molecule has 0 bridgehead atoms. The van der Waals surface area contributed by atoms with Crippen LogP contribution in [0.25, 0.3) is 38.6 Å². The molecular weight excluding hydrogens is 376 g/mol. The third-order valence-electron chi connectivity index (χ3n) is 6.87. The Morgan fingerprint density at radius 1 is 0.903 bits per heavy atom. The predicted molar refractivity (Wildman–Crippen MR) is 130 cm³/mol. The van der Waals surface area contributed by atoms with Crippen molar-refractivity contribution in [3.8, 4) is 11.3 Å². The zero-order valence-corrected chi connectivity index (χ0v) is 18.5. The van der Waals surface area contributed by atoms with Gasteiger partial charge in [-0.25, -0.2) is 4.57 Å². The molecule has 154 valence electrons. The summed E-state index contributed by atoms with van der Waals surface area (Å²) in [6, 6.07) is 18.8. The minimum absolute atomic E-state index is 0.386. The number of pyridine rings is 1. The van der Waals surface area contributed by atoms with Gasteiger partial charge in [0.1, 0.15) is 18.3 Å². The Labute approximate surface area is 188 Å². The minimum atomic E-state index is -2.14. The molecule has 31 heavy (non-hydrogen) atoms. The molecule has 2 aromatic heterocycles. The fourth-order valence-electron chi connectivity index (χ4n) is 5.50. The van der Waals surface area contributed by atoms with Gasteiger partial charge in [-0.1, -0.05) is 75.7 Å². The first kappa shape index (κ1) is 15.6. The monoisotopic (exact) mass is 408 g/mol. The standard InChI is InChI=1S/C29H29N2/c1-17(2)21-9-7-10-22(18(3)4)28(21)26-16-30-15-20-8-6-11-23-24-14-19(5)12-13-25(24)31(26)29(30)27(20)23/h6-14,16-18H,15H2,1-5H3/q+1/i5D3. The summed E-state index contributed by atoms with van der Waals surface area (Å²) in [5, 5.41) is 3.36. The maximum atomic E-state index is 7.99. The van der Waals surface area contributed by atoms with Crippen molar-refractivity contribution >= 4 is 27.3 Å². The first-order valence-electron chi connectivity index (χ1n) is 12.7. The maximum absolute atomic E-state index is 7.99. The van der Waals surface area contributed by atoms with Gasteiger partial charge < -0.3 is 0 Å². The van der Waals surface area contributed by atoms with Crippen molar-refractivity contribution in [2.24, 2.45) is 0 Å². The number of nitrogens with zero attached hydrogens (tertiary/aromatic N) is 2. The molecule has 0 saturated carbocycles. The molecule has 0 saturated heterocycles. The molecular formula is C29H29N2+. The number of fused-ring (bicyclic) bond motifs is 3. The first-order chi connectivity index (χ1) is 16.2. The molecule has 0 fully saturated rings. The van der Waals surface area contributed by atoms with Gasteiger partial charge >= 0.3 is 0 Å². The van der Waals surface area contributed by atoms with Crippen molar-refractivity contribution in [3.05, 3.63) is 83.0 Å². The molecule has 0 unspecified atom stereocenters. The summed E-state index contributed by atoms with van der Waals surface area (Å²) in [5.41, 5.74) is 9.11. The molecule has 1 aliphatic rings. The number of hydrogen-bond donors (Lipinski definition) is 0. The number of rotatable bonds is 3. The molecule has 5 aromatic rings. The maximum Gasteiger partial charge on any atom is 0.295 e. The van der Waals surface area contributed by atoms with E-state index < -0.39 is 6.85 Å². The first-order valence-corrected chi connectivity index (χ1v) is 11.2. The summed E-state index contributed by atoms with van der Waals surface area (Å²) in [6.45, 7) is 7.72. The highest BCUT2D eigenvalue weighted by Gasteiger charge is 2.32. The lowest BCUT2D eigenvalue weighted by Gasteiger charge is -2.18. The Balaban J connectivity index is 1.83. The van der Waals surface area contributed by atoms with Gasteiger partial charge in [0.2, 0.25) is 0 Å². The van der Waals surface area contributed by atoms with Crippen molar-refractivity contribution in [1.82, 2.24) is 4.40 Å². The molecule has 0 atom stereocenters. The van der Waals surface area contributed by atoms with Crippen LogP contribution in [0.1, 0.15) is 65.9 Å². The molecule has 0 spiro atoms. The Hall–Kier alpha value is -3.13. The van der Waals surface area contributed by atoms with E-state index in [1.54, 1.807) is 6.07 Å². The highest BCUT2D eigenvalue weighted by atomic mass is 15.1. The number of aryl methyl sites for hydroxylation is 1. The third kappa shape index (κ3) is 2.48. The number of aromatic nitrogens is 2. The molecule has 2 heteroatoms. The van der Waals surface area contributed by atoms with Gasteiger partial charge in [-0.2, -0.15) is 4.40 Å². The van der Waals surface area contributed by atoms with Crippen LogP contribution in [-0.2, 0) is 6.54 Å². The second-order valence-corrected chi connectivity index (χ2v) is 9.49. The van der Waals surface area contributed by atoms with Crippen LogP contribution in [0.15, 0.2) is 60.8 Å². The molecule has 1 aliphatic heterocycles. The summed E-state index contributed by atoms with van der Waals surface area (Å²) >= 11 is 0. The summed E-state index contributed by atoms with van der Waals surface area (Å²) in [6.07, 6.45) is 2.30. The lowest BCUT2D eigenvalue weighted by molar-refractivity contribution is -0.657. The zero-order chi connectivity index (χ0) is 23.9. The summed E-state index contributed by atoms with van der Waals surface area (Å²) in [4.78, 5) is 0. The van der Waals surface area contributed by atoms with E-state index in [4.69, 9.17) is 4.11 Å². The van der Waals surface area contributed by atoms with Crippen molar-refractivity contribution in [2.75, 3.05) is 0 Å². The summed E-state index contributed by atoms with van der Waals surface area (Å²) < 4.78 is 28.7. The van der Waals surface area contributed by atoms with Crippen LogP contribution in [0, 0.1) is 6.85 Å². The van der Waals surface area contributed by atoms with E-state index in [0.29, 0.717) is 17.4 Å². The predicted octanol–water partition coefficient (Wildman–Crippen LogP) is 7.12. The van der Waals surface area contributed by atoms with Gasteiger partial charge in [0, 0.05) is 26.0 Å². The quantitative estimate of drug-likeness (QED) is 0.218. The van der Waals surface area contributed by atoms with E-state index in [0.717, 1.165) is 22.8 Å². The van der Waals surface area contributed by atoms with Gasteiger partial charge in [0.25, 0.3) is 5.65 Å². The van der Waals surface area contributed by atoms with Crippen LogP contribution in [0.4, 0.5) is 0 Å². The molecule has 0 radical (unpaired) electrons. The second kappa shape index (κ2) is 6.43. The van der Waals surface area contributed by atoms with Gasteiger partial charge in [0.15, 0.2) is 5.69 Å². The third-order valence-corrected chi connectivity index (χ3v) is 6.87. The molecule has 2 nitrogen and oxygen atoms in total. The summed E-state index contributed by atoms with van der Waals surface area (Å²) in [5.74, 6) is 0.778. The van der Waals surface area contributed by atoms with Gasteiger partial charge in [-0.15, -0.1) is 0 Å². The normalized spacial score (nSPS) is 15.0. The van der Waals surface area contributed by atoms with Crippen LogP contribution in [0.3, 0.4) is 0 Å². The van der Waals surface area contributed by atoms with Crippen LogP contribution in [-0.4, -0.2) is 4.40 Å². The second-order valence-electron chi connectivity index (χ2n) is 9.49. The molecule has 6 rings (SSSR count). The molecule has 0 aliphatic carbocycles. The lowest BCUT2D eigenvalue weighted by atomic mass is 9.87. The average molecular weight is 409 g/mol. The molecule has 0 N–H and O–H groups in total. The van der Waals surface area contributed by atoms with Gasteiger partial charge in [-0.05, 0) is 41.9 Å². The lowest BCUT2D eigenvalue weighted by Crippen LogP contribution is -2.28. The van der Waals surface area contributed by atoms with Crippen LogP contribution in [0.2, 0.25) is 0 Å². The number of benzene rings is 3. The van der Waals surface area contributed by atoms with Crippen molar-refractivity contribution in [1.29, 1.82) is 0 Å². The Bertz CT molecular complexity index is 1590. The average Bonchev–Trinajstić information content (AvgIpc) is 3.34. The van der Waals surface area contributed by atoms with Gasteiger partial charge in [0.05, 0.1) is 5.39 Å². The van der Waals surface area contributed by atoms with E-state index in [1.165, 1.54) is 39.0 Å². The fourth-order valence-corrected chi connectivity index (χ4v) is 5.50.